The number of aromatic nitrogens is 1. The molecule has 0 unspecified atom stereocenters. The summed E-state index contributed by atoms with van der Waals surface area (Å²) in [4.78, 5) is 6.86. The lowest BCUT2D eigenvalue weighted by molar-refractivity contribution is 0.337. The Morgan fingerprint density at radius 1 is 1.28 bits per heavy atom. The first-order valence-corrected chi connectivity index (χ1v) is 6.62. The minimum Gasteiger partial charge on any atom is -0.368 e. The van der Waals surface area contributed by atoms with E-state index in [-0.39, 0.29) is 0 Å². The zero-order chi connectivity index (χ0) is 12.4. The number of benzene rings is 1. The van der Waals surface area contributed by atoms with Gasteiger partial charge in [-0.3, -0.25) is 0 Å². The molecular formula is C15H19N3. The van der Waals surface area contributed by atoms with Crippen LogP contribution in [0.2, 0.25) is 0 Å². The van der Waals surface area contributed by atoms with Gasteiger partial charge in [0, 0.05) is 30.7 Å². The highest BCUT2D eigenvalue weighted by Gasteiger charge is 2.25. The van der Waals surface area contributed by atoms with E-state index in [2.05, 4.69) is 52.6 Å². The number of nitrogens with one attached hydrogen (secondary N) is 1. The van der Waals surface area contributed by atoms with Gasteiger partial charge in [0.1, 0.15) is 5.82 Å². The molecule has 1 N–H and O–H groups in total. The van der Waals surface area contributed by atoms with Gasteiger partial charge in [-0.1, -0.05) is 24.3 Å². The first kappa shape index (κ1) is 11.5. The molecule has 0 radical (unpaired) electrons. The van der Waals surface area contributed by atoms with Crippen LogP contribution >= 0.6 is 0 Å². The second kappa shape index (κ2) is 4.94. The average molecular weight is 241 g/mol. The van der Waals surface area contributed by atoms with E-state index in [1.165, 1.54) is 23.6 Å². The predicted octanol–water partition coefficient (Wildman–Crippen LogP) is 2.74. The molecule has 0 spiro atoms. The van der Waals surface area contributed by atoms with Gasteiger partial charge < -0.3 is 10.2 Å². The van der Waals surface area contributed by atoms with E-state index in [0.29, 0.717) is 0 Å². The maximum Gasteiger partial charge on any atom is 0.133 e. The summed E-state index contributed by atoms with van der Waals surface area (Å²) in [7, 11) is 2.20. The Kier molecular flexibility index (Phi) is 3.15. The zero-order valence-electron chi connectivity index (χ0n) is 10.8. The lowest BCUT2D eigenvalue weighted by Gasteiger charge is -2.16. The lowest BCUT2D eigenvalue weighted by atomic mass is 10.1. The molecule has 3 rings (SSSR count). The summed E-state index contributed by atoms with van der Waals surface area (Å²) in [5, 5.41) is 5.89. The van der Waals surface area contributed by atoms with E-state index in [1.54, 1.807) is 0 Å². The number of hydrogen-bond acceptors (Lipinski definition) is 3. The van der Waals surface area contributed by atoms with Crippen LogP contribution in [0.4, 0.5) is 5.82 Å². The monoisotopic (exact) mass is 241 g/mol. The van der Waals surface area contributed by atoms with Gasteiger partial charge in [0.2, 0.25) is 0 Å². The summed E-state index contributed by atoms with van der Waals surface area (Å²) >= 11 is 0. The van der Waals surface area contributed by atoms with Gasteiger partial charge in [-0.05, 0) is 31.3 Å². The van der Waals surface area contributed by atoms with Crippen molar-refractivity contribution >= 4 is 16.6 Å². The SMILES string of the molecule is CN(CCNc1nccc2ccccc12)C1CC1. The van der Waals surface area contributed by atoms with E-state index in [1.807, 2.05) is 6.20 Å². The van der Waals surface area contributed by atoms with Gasteiger partial charge in [0.05, 0.1) is 0 Å². The molecule has 94 valence electrons. The summed E-state index contributed by atoms with van der Waals surface area (Å²) in [5.41, 5.74) is 0. The quantitative estimate of drug-likeness (QED) is 0.872. The minimum atomic E-state index is 0.826. The Hall–Kier alpha value is -1.61. The van der Waals surface area contributed by atoms with Crippen molar-refractivity contribution in [2.75, 3.05) is 25.5 Å². The van der Waals surface area contributed by atoms with Crippen LogP contribution < -0.4 is 5.32 Å². The lowest BCUT2D eigenvalue weighted by Crippen LogP contribution is -2.27. The van der Waals surface area contributed by atoms with Crippen molar-refractivity contribution in [1.29, 1.82) is 0 Å². The number of fused-ring (bicyclic) bond motifs is 1. The molecule has 1 aliphatic rings. The van der Waals surface area contributed by atoms with Crippen molar-refractivity contribution in [3.05, 3.63) is 36.5 Å². The van der Waals surface area contributed by atoms with Gasteiger partial charge in [-0.2, -0.15) is 0 Å². The second-order valence-electron chi connectivity index (χ2n) is 5.02. The molecule has 0 bridgehead atoms. The molecule has 3 nitrogen and oxygen atoms in total. The van der Waals surface area contributed by atoms with E-state index in [0.717, 1.165) is 24.9 Å². The van der Waals surface area contributed by atoms with Crippen LogP contribution in [0.25, 0.3) is 10.8 Å². The van der Waals surface area contributed by atoms with Gasteiger partial charge in [-0.15, -0.1) is 0 Å². The van der Waals surface area contributed by atoms with Crippen LogP contribution in [0.5, 0.6) is 0 Å². The standard InChI is InChI=1S/C15H19N3/c1-18(13-6-7-13)11-10-17-15-14-5-3-2-4-12(14)8-9-16-15/h2-5,8-9,13H,6-7,10-11H2,1H3,(H,16,17). The van der Waals surface area contributed by atoms with Gasteiger partial charge >= 0.3 is 0 Å². The Labute approximate surface area is 108 Å². The van der Waals surface area contributed by atoms with Crippen LogP contribution in [0, 0.1) is 0 Å². The summed E-state index contributed by atoms with van der Waals surface area (Å²) in [6.07, 6.45) is 4.60. The maximum atomic E-state index is 4.43. The molecule has 0 saturated heterocycles. The Morgan fingerprint density at radius 3 is 2.94 bits per heavy atom. The predicted molar refractivity (Wildman–Crippen MR) is 75.9 cm³/mol. The molecule has 0 amide bonds. The van der Waals surface area contributed by atoms with E-state index >= 15 is 0 Å². The fraction of sp³-hybridized carbons (Fsp3) is 0.400. The number of likely N-dealkylation sites (N-methyl/N-ethyl adjacent to an activating group) is 1. The third-order valence-corrected chi connectivity index (χ3v) is 3.60. The van der Waals surface area contributed by atoms with Crippen molar-refractivity contribution < 1.29 is 0 Å². The summed E-state index contributed by atoms with van der Waals surface area (Å²) in [6.45, 7) is 2.03. The largest absolute Gasteiger partial charge is 0.368 e. The minimum absolute atomic E-state index is 0.826. The number of nitrogens with zero attached hydrogens (tertiary/aromatic N) is 2. The normalized spacial score (nSPS) is 15.2. The fourth-order valence-corrected chi connectivity index (χ4v) is 2.31. The summed E-state index contributed by atoms with van der Waals surface area (Å²) in [6, 6.07) is 11.2. The van der Waals surface area contributed by atoms with Crippen molar-refractivity contribution in [1.82, 2.24) is 9.88 Å². The third-order valence-electron chi connectivity index (χ3n) is 3.60. The molecule has 1 fully saturated rings. The molecule has 1 aromatic heterocycles. The summed E-state index contributed by atoms with van der Waals surface area (Å²) in [5.74, 6) is 0.997. The molecular weight excluding hydrogens is 222 g/mol. The average Bonchev–Trinajstić information content (AvgIpc) is 3.23. The van der Waals surface area contributed by atoms with Crippen LogP contribution in [0.1, 0.15) is 12.8 Å². The zero-order valence-corrected chi connectivity index (χ0v) is 10.8. The molecule has 2 aromatic rings. The summed E-state index contributed by atoms with van der Waals surface area (Å²) < 4.78 is 0. The molecule has 0 atom stereocenters. The molecule has 3 heteroatoms. The highest BCUT2D eigenvalue weighted by molar-refractivity contribution is 5.91. The van der Waals surface area contributed by atoms with Gasteiger partial charge in [0.25, 0.3) is 0 Å². The Morgan fingerprint density at radius 2 is 2.11 bits per heavy atom. The van der Waals surface area contributed by atoms with Gasteiger partial charge in [-0.25, -0.2) is 4.98 Å². The third kappa shape index (κ3) is 2.46. The first-order chi connectivity index (χ1) is 8.84. The van der Waals surface area contributed by atoms with Crippen molar-refractivity contribution in [2.45, 2.75) is 18.9 Å². The highest BCUT2D eigenvalue weighted by atomic mass is 15.2. The maximum absolute atomic E-state index is 4.43. The first-order valence-electron chi connectivity index (χ1n) is 6.62. The van der Waals surface area contributed by atoms with Crippen molar-refractivity contribution in [2.24, 2.45) is 0 Å². The molecule has 1 heterocycles. The molecule has 0 aliphatic heterocycles. The van der Waals surface area contributed by atoms with E-state index in [4.69, 9.17) is 0 Å². The van der Waals surface area contributed by atoms with Crippen LogP contribution in [0.3, 0.4) is 0 Å². The number of rotatable bonds is 5. The topological polar surface area (TPSA) is 28.2 Å². The number of pyridine rings is 1. The molecule has 1 aliphatic carbocycles. The van der Waals surface area contributed by atoms with Crippen molar-refractivity contribution in [3.63, 3.8) is 0 Å². The smallest absolute Gasteiger partial charge is 0.133 e. The molecule has 18 heavy (non-hydrogen) atoms. The van der Waals surface area contributed by atoms with Gasteiger partial charge in [0.15, 0.2) is 0 Å². The highest BCUT2D eigenvalue weighted by Crippen LogP contribution is 2.25. The van der Waals surface area contributed by atoms with Crippen LogP contribution in [0.15, 0.2) is 36.5 Å². The van der Waals surface area contributed by atoms with E-state index < -0.39 is 0 Å². The van der Waals surface area contributed by atoms with Crippen LogP contribution in [-0.4, -0.2) is 36.1 Å². The number of anilines is 1. The Balaban J connectivity index is 1.66. The Bertz CT molecular complexity index is 529. The van der Waals surface area contributed by atoms with Crippen LogP contribution in [-0.2, 0) is 0 Å². The molecule has 1 saturated carbocycles. The second-order valence-corrected chi connectivity index (χ2v) is 5.02. The number of hydrogen-bond donors (Lipinski definition) is 1. The molecule has 1 aromatic carbocycles. The van der Waals surface area contributed by atoms with Crippen molar-refractivity contribution in [3.8, 4) is 0 Å². The van der Waals surface area contributed by atoms with E-state index in [9.17, 15) is 0 Å². The fourth-order valence-electron chi connectivity index (χ4n) is 2.31.